The van der Waals surface area contributed by atoms with E-state index in [1.165, 1.54) is 4.90 Å². The van der Waals surface area contributed by atoms with E-state index in [0.717, 1.165) is 0 Å². The number of hydrogen-bond acceptors (Lipinski definition) is 4. The van der Waals surface area contributed by atoms with Gasteiger partial charge in [0.2, 0.25) is 11.8 Å². The molecule has 136 valence electrons. The number of anilines is 1. The first-order valence-corrected chi connectivity index (χ1v) is 10.3. The average Bonchev–Trinajstić information content (AvgIpc) is 2.65. The molecule has 2 aromatic carbocycles. The van der Waals surface area contributed by atoms with Crippen LogP contribution in [0.1, 0.15) is 32.3 Å². The molecule has 26 heavy (non-hydrogen) atoms. The van der Waals surface area contributed by atoms with Crippen LogP contribution < -0.4 is 4.90 Å². The highest BCUT2D eigenvalue weighted by atomic mass is 32.2. The van der Waals surface area contributed by atoms with E-state index < -0.39 is 15.3 Å². The minimum atomic E-state index is -3.43. The fraction of sp³-hybridized carbons (Fsp3) is 0.300. The van der Waals surface area contributed by atoms with Crippen molar-refractivity contribution < 1.29 is 18.0 Å². The zero-order valence-corrected chi connectivity index (χ0v) is 15.6. The van der Waals surface area contributed by atoms with Gasteiger partial charge in [-0.2, -0.15) is 0 Å². The van der Waals surface area contributed by atoms with Crippen LogP contribution in [-0.2, 0) is 25.2 Å². The fourth-order valence-electron chi connectivity index (χ4n) is 3.32. The van der Waals surface area contributed by atoms with Crippen LogP contribution in [-0.4, -0.2) is 20.2 Å². The highest BCUT2D eigenvalue weighted by Gasteiger charge is 2.58. The fourth-order valence-corrected chi connectivity index (χ4v) is 4.69. The van der Waals surface area contributed by atoms with Crippen LogP contribution in [0.15, 0.2) is 59.5 Å². The number of benzene rings is 2. The maximum atomic E-state index is 12.5. The molecule has 0 radical (unpaired) electrons. The Morgan fingerprint density at radius 1 is 0.846 bits per heavy atom. The van der Waals surface area contributed by atoms with Crippen molar-refractivity contribution in [3.63, 3.8) is 0 Å². The second-order valence-corrected chi connectivity index (χ2v) is 8.46. The van der Waals surface area contributed by atoms with Crippen molar-refractivity contribution in [2.24, 2.45) is 5.41 Å². The first-order valence-electron chi connectivity index (χ1n) is 8.61. The molecular formula is C20H21NO4S. The normalized spacial score (nSPS) is 16.5. The standard InChI is InChI=1S/C20H21NO4S/c1-3-20(4-2)18(22)21(19(20)23)16-12-10-15(11-13-16)14-26(24,25)17-8-6-5-7-9-17/h5-13H,3-4,14H2,1-2H3. The van der Waals surface area contributed by atoms with Crippen LogP contribution in [0.25, 0.3) is 0 Å². The van der Waals surface area contributed by atoms with Gasteiger partial charge in [0, 0.05) is 0 Å². The van der Waals surface area contributed by atoms with Crippen LogP contribution in [0.4, 0.5) is 5.69 Å². The summed E-state index contributed by atoms with van der Waals surface area (Å²) in [6.07, 6.45) is 0.982. The smallest absolute Gasteiger partial charge is 0.249 e. The Morgan fingerprint density at radius 3 is 1.88 bits per heavy atom. The van der Waals surface area contributed by atoms with Crippen LogP contribution in [0, 0.1) is 5.41 Å². The Hall–Kier alpha value is -2.47. The molecule has 0 spiro atoms. The van der Waals surface area contributed by atoms with E-state index >= 15 is 0 Å². The molecule has 0 saturated carbocycles. The first-order chi connectivity index (χ1) is 12.4. The average molecular weight is 371 g/mol. The van der Waals surface area contributed by atoms with Crippen molar-refractivity contribution in [3.05, 3.63) is 60.2 Å². The maximum absolute atomic E-state index is 12.5. The number of imide groups is 1. The predicted molar refractivity (Wildman–Crippen MR) is 99.3 cm³/mol. The molecule has 2 aromatic rings. The molecular weight excluding hydrogens is 350 g/mol. The summed E-state index contributed by atoms with van der Waals surface area (Å²) >= 11 is 0. The molecule has 3 rings (SSSR count). The summed E-state index contributed by atoms with van der Waals surface area (Å²) in [4.78, 5) is 26.4. The van der Waals surface area contributed by atoms with Gasteiger partial charge in [0.05, 0.1) is 16.3 Å². The molecule has 6 heteroatoms. The SMILES string of the molecule is CCC1(CC)C(=O)N(c2ccc(CS(=O)(=O)c3ccccc3)cc2)C1=O. The van der Waals surface area contributed by atoms with Gasteiger partial charge in [-0.15, -0.1) is 0 Å². The Morgan fingerprint density at radius 2 is 1.38 bits per heavy atom. The zero-order chi connectivity index (χ0) is 18.9. The lowest BCUT2D eigenvalue weighted by molar-refractivity contribution is -0.153. The second-order valence-electron chi connectivity index (χ2n) is 6.47. The third-order valence-electron chi connectivity index (χ3n) is 5.09. The van der Waals surface area contributed by atoms with Crippen LogP contribution in [0.2, 0.25) is 0 Å². The highest BCUT2D eigenvalue weighted by Crippen LogP contribution is 2.42. The number of rotatable bonds is 6. The zero-order valence-electron chi connectivity index (χ0n) is 14.8. The van der Waals surface area contributed by atoms with Gasteiger partial charge in [0.1, 0.15) is 5.41 Å². The molecule has 0 aromatic heterocycles. The molecule has 0 N–H and O–H groups in total. The van der Waals surface area contributed by atoms with E-state index in [-0.39, 0.29) is 22.5 Å². The van der Waals surface area contributed by atoms with Crippen molar-refractivity contribution >= 4 is 27.3 Å². The van der Waals surface area contributed by atoms with E-state index in [9.17, 15) is 18.0 Å². The van der Waals surface area contributed by atoms with E-state index in [4.69, 9.17) is 0 Å². The molecule has 1 aliphatic rings. The van der Waals surface area contributed by atoms with Crippen molar-refractivity contribution in [3.8, 4) is 0 Å². The molecule has 1 saturated heterocycles. The van der Waals surface area contributed by atoms with Crippen molar-refractivity contribution in [2.45, 2.75) is 37.3 Å². The third-order valence-corrected chi connectivity index (χ3v) is 6.79. The second kappa shape index (κ2) is 6.68. The lowest BCUT2D eigenvalue weighted by atomic mass is 9.73. The minimum Gasteiger partial charge on any atom is -0.273 e. The summed E-state index contributed by atoms with van der Waals surface area (Å²) < 4.78 is 24.9. The summed E-state index contributed by atoms with van der Waals surface area (Å²) in [5, 5.41) is 0. The van der Waals surface area contributed by atoms with Gasteiger partial charge >= 0.3 is 0 Å². The number of amides is 2. The number of carbonyl (C=O) groups is 2. The molecule has 1 aliphatic heterocycles. The van der Waals surface area contributed by atoms with Crippen molar-refractivity contribution in [2.75, 3.05) is 4.90 Å². The molecule has 0 bridgehead atoms. The van der Waals surface area contributed by atoms with Gasteiger partial charge in [0.15, 0.2) is 9.84 Å². The number of β-lactam (4-membered cyclic amide) rings is 2. The molecule has 0 unspecified atom stereocenters. The first kappa shape index (κ1) is 18.3. The van der Waals surface area contributed by atoms with Gasteiger partial charge in [-0.05, 0) is 42.7 Å². The molecule has 1 heterocycles. The van der Waals surface area contributed by atoms with Crippen LogP contribution in [0.5, 0.6) is 0 Å². The minimum absolute atomic E-state index is 0.132. The maximum Gasteiger partial charge on any atom is 0.249 e. The summed E-state index contributed by atoms with van der Waals surface area (Å²) in [6, 6.07) is 14.8. The lowest BCUT2D eigenvalue weighted by Gasteiger charge is -2.45. The summed E-state index contributed by atoms with van der Waals surface area (Å²) in [5.74, 6) is -0.498. The summed E-state index contributed by atoms with van der Waals surface area (Å²) in [5.41, 5.74) is 0.198. The van der Waals surface area contributed by atoms with Crippen molar-refractivity contribution in [1.82, 2.24) is 0 Å². The van der Waals surface area contributed by atoms with Crippen LogP contribution >= 0.6 is 0 Å². The highest BCUT2D eigenvalue weighted by molar-refractivity contribution is 7.90. The van der Waals surface area contributed by atoms with E-state index in [1.54, 1.807) is 54.6 Å². The van der Waals surface area contributed by atoms with E-state index in [2.05, 4.69) is 0 Å². The van der Waals surface area contributed by atoms with Gasteiger partial charge in [-0.25, -0.2) is 13.3 Å². The van der Waals surface area contributed by atoms with Crippen LogP contribution in [0.3, 0.4) is 0 Å². The summed E-state index contributed by atoms with van der Waals surface area (Å²) in [7, 11) is -3.43. The number of carbonyl (C=O) groups excluding carboxylic acids is 2. The largest absolute Gasteiger partial charge is 0.273 e. The van der Waals surface area contributed by atoms with Gasteiger partial charge in [0.25, 0.3) is 0 Å². The number of hydrogen-bond donors (Lipinski definition) is 0. The van der Waals surface area contributed by atoms with E-state index in [0.29, 0.717) is 24.1 Å². The van der Waals surface area contributed by atoms with Gasteiger partial charge in [-0.3, -0.25) is 9.59 Å². The predicted octanol–water partition coefficient (Wildman–Crippen LogP) is 3.34. The lowest BCUT2D eigenvalue weighted by Crippen LogP contribution is -2.66. The number of sulfone groups is 1. The number of nitrogens with zero attached hydrogens (tertiary/aromatic N) is 1. The van der Waals surface area contributed by atoms with Gasteiger partial charge in [-0.1, -0.05) is 44.2 Å². The molecule has 0 atom stereocenters. The summed E-state index contributed by atoms with van der Waals surface area (Å²) in [6.45, 7) is 3.68. The topological polar surface area (TPSA) is 71.5 Å². The molecule has 2 amide bonds. The van der Waals surface area contributed by atoms with Gasteiger partial charge < -0.3 is 0 Å². The molecule has 0 aliphatic carbocycles. The molecule has 1 fully saturated rings. The Labute approximate surface area is 153 Å². The Kier molecular flexibility index (Phi) is 4.71. The Bertz CT molecular complexity index is 912. The monoisotopic (exact) mass is 371 g/mol. The van der Waals surface area contributed by atoms with Crippen molar-refractivity contribution in [1.29, 1.82) is 0 Å². The third kappa shape index (κ3) is 2.84. The Balaban J connectivity index is 1.78. The quantitative estimate of drug-likeness (QED) is 0.577. The van der Waals surface area contributed by atoms with E-state index in [1.807, 2.05) is 13.8 Å². The molecule has 5 nitrogen and oxygen atoms in total.